The summed E-state index contributed by atoms with van der Waals surface area (Å²) in [5.74, 6) is 1.13. The van der Waals surface area contributed by atoms with Gasteiger partial charge in [-0.05, 0) is 31.3 Å². The van der Waals surface area contributed by atoms with Crippen LogP contribution < -0.4 is 0 Å². The minimum absolute atomic E-state index is 0.348. The molecule has 0 aromatic heterocycles. The topological polar surface area (TPSA) is 50.1 Å². The Morgan fingerprint density at radius 3 is 2.79 bits per heavy atom. The molecule has 0 bridgehead atoms. The summed E-state index contributed by atoms with van der Waals surface area (Å²) in [7, 11) is 0. The lowest BCUT2D eigenvalue weighted by Gasteiger charge is -2.07. The number of thioether (sulfide) groups is 1. The number of rotatable bonds is 7. The van der Waals surface area contributed by atoms with Crippen LogP contribution in [-0.4, -0.2) is 24.1 Å². The van der Waals surface area contributed by atoms with Gasteiger partial charge in [0.25, 0.3) is 0 Å². The number of ether oxygens (including phenoxy) is 1. The van der Waals surface area contributed by atoms with Crippen LogP contribution in [0.3, 0.4) is 0 Å². The molecule has 0 N–H and O–H groups in total. The molecule has 0 aliphatic carbocycles. The van der Waals surface area contributed by atoms with Crippen molar-refractivity contribution in [1.29, 1.82) is 5.26 Å². The van der Waals surface area contributed by atoms with Crippen molar-refractivity contribution in [2.45, 2.75) is 26.7 Å². The average molecular weight is 215 g/mol. The maximum atomic E-state index is 11.2. The van der Waals surface area contributed by atoms with Crippen LogP contribution in [0.2, 0.25) is 0 Å². The third-order valence-corrected chi connectivity index (χ3v) is 2.70. The predicted molar refractivity (Wildman–Crippen MR) is 58.0 cm³/mol. The lowest BCUT2D eigenvalue weighted by molar-refractivity contribution is -0.146. The van der Waals surface area contributed by atoms with Crippen LogP contribution in [0.25, 0.3) is 0 Å². The van der Waals surface area contributed by atoms with Gasteiger partial charge in [0.1, 0.15) is 5.92 Å². The normalized spacial score (nSPS) is 11.8. The van der Waals surface area contributed by atoms with Crippen molar-refractivity contribution in [3.8, 4) is 6.07 Å². The average Bonchev–Trinajstić information content (AvgIpc) is 2.18. The van der Waals surface area contributed by atoms with Gasteiger partial charge in [0.2, 0.25) is 0 Å². The van der Waals surface area contributed by atoms with Crippen molar-refractivity contribution in [2.24, 2.45) is 5.92 Å². The first-order valence-corrected chi connectivity index (χ1v) is 6.05. The molecule has 3 nitrogen and oxygen atoms in total. The highest BCUT2D eigenvalue weighted by Gasteiger charge is 2.17. The zero-order chi connectivity index (χ0) is 10.8. The lowest BCUT2D eigenvalue weighted by Crippen LogP contribution is -2.16. The van der Waals surface area contributed by atoms with Crippen molar-refractivity contribution in [1.82, 2.24) is 0 Å². The van der Waals surface area contributed by atoms with Crippen LogP contribution in [0.1, 0.15) is 26.7 Å². The minimum atomic E-state index is -0.576. The second-order valence-electron chi connectivity index (χ2n) is 2.77. The quantitative estimate of drug-likeness (QED) is 0.482. The maximum Gasteiger partial charge on any atom is 0.323 e. The highest BCUT2D eigenvalue weighted by Crippen LogP contribution is 2.11. The van der Waals surface area contributed by atoms with Crippen molar-refractivity contribution >= 4 is 17.7 Å². The molecule has 0 saturated heterocycles. The summed E-state index contributed by atoms with van der Waals surface area (Å²) in [5, 5.41) is 8.72. The Morgan fingerprint density at radius 1 is 1.57 bits per heavy atom. The molecular formula is C10H17NO2S. The third-order valence-electron chi connectivity index (χ3n) is 1.71. The van der Waals surface area contributed by atoms with Crippen molar-refractivity contribution in [2.75, 3.05) is 18.1 Å². The first-order chi connectivity index (χ1) is 6.76. The van der Waals surface area contributed by atoms with E-state index < -0.39 is 5.92 Å². The van der Waals surface area contributed by atoms with Gasteiger partial charge in [-0.3, -0.25) is 4.79 Å². The first-order valence-electron chi connectivity index (χ1n) is 4.90. The molecule has 14 heavy (non-hydrogen) atoms. The summed E-state index contributed by atoms with van der Waals surface area (Å²) in [5.41, 5.74) is 0. The molecule has 0 aromatic carbocycles. The molecule has 0 saturated carbocycles. The smallest absolute Gasteiger partial charge is 0.323 e. The number of carbonyl (C=O) groups excluding carboxylic acids is 1. The summed E-state index contributed by atoms with van der Waals surface area (Å²) in [6, 6.07) is 1.98. The van der Waals surface area contributed by atoms with Crippen LogP contribution in [0.4, 0.5) is 0 Å². The van der Waals surface area contributed by atoms with E-state index in [1.54, 1.807) is 6.92 Å². The predicted octanol–water partition coefficient (Wildman–Crippen LogP) is 2.22. The van der Waals surface area contributed by atoms with Gasteiger partial charge in [-0.1, -0.05) is 6.92 Å². The van der Waals surface area contributed by atoms with E-state index in [0.29, 0.717) is 13.0 Å². The Bertz CT molecular complexity index is 201. The molecule has 0 heterocycles. The number of nitrogens with zero attached hydrogens (tertiary/aromatic N) is 1. The maximum absolute atomic E-state index is 11.2. The molecule has 0 radical (unpaired) electrons. The van der Waals surface area contributed by atoms with Gasteiger partial charge in [0.05, 0.1) is 12.7 Å². The third kappa shape index (κ3) is 5.87. The van der Waals surface area contributed by atoms with E-state index in [4.69, 9.17) is 10.00 Å². The molecular weight excluding hydrogens is 198 g/mol. The van der Waals surface area contributed by atoms with Crippen LogP contribution in [-0.2, 0) is 9.53 Å². The first kappa shape index (κ1) is 13.3. The van der Waals surface area contributed by atoms with E-state index in [2.05, 4.69) is 6.92 Å². The van der Waals surface area contributed by atoms with Crippen molar-refractivity contribution < 1.29 is 9.53 Å². The summed E-state index contributed by atoms with van der Waals surface area (Å²) >= 11 is 1.82. The molecule has 80 valence electrons. The van der Waals surface area contributed by atoms with Gasteiger partial charge >= 0.3 is 5.97 Å². The SMILES string of the molecule is CCOC(=O)C(C#N)CCCSCC. The minimum Gasteiger partial charge on any atom is -0.465 e. The highest BCUT2D eigenvalue weighted by molar-refractivity contribution is 7.99. The van der Waals surface area contributed by atoms with E-state index in [0.717, 1.165) is 17.9 Å². The highest BCUT2D eigenvalue weighted by atomic mass is 32.2. The van der Waals surface area contributed by atoms with E-state index in [1.807, 2.05) is 17.8 Å². The van der Waals surface area contributed by atoms with E-state index in [-0.39, 0.29) is 5.97 Å². The summed E-state index contributed by atoms with van der Waals surface area (Å²) < 4.78 is 4.78. The Kier molecular flexibility index (Phi) is 8.45. The van der Waals surface area contributed by atoms with Gasteiger partial charge in [-0.25, -0.2) is 0 Å². The molecule has 0 spiro atoms. The second kappa shape index (κ2) is 8.89. The van der Waals surface area contributed by atoms with E-state index in [1.165, 1.54) is 0 Å². The molecule has 0 aliphatic heterocycles. The van der Waals surface area contributed by atoms with Gasteiger partial charge < -0.3 is 4.74 Å². The number of esters is 1. The Balaban J connectivity index is 3.69. The second-order valence-corrected chi connectivity index (χ2v) is 4.17. The van der Waals surface area contributed by atoms with E-state index in [9.17, 15) is 4.79 Å². The number of nitriles is 1. The fourth-order valence-corrected chi connectivity index (χ4v) is 1.67. The van der Waals surface area contributed by atoms with Crippen LogP contribution in [0.15, 0.2) is 0 Å². The largest absolute Gasteiger partial charge is 0.465 e. The number of hydrogen-bond donors (Lipinski definition) is 0. The number of hydrogen-bond acceptors (Lipinski definition) is 4. The number of carbonyl (C=O) groups is 1. The van der Waals surface area contributed by atoms with Crippen LogP contribution in [0, 0.1) is 17.2 Å². The Morgan fingerprint density at radius 2 is 2.29 bits per heavy atom. The van der Waals surface area contributed by atoms with Gasteiger partial charge in [-0.15, -0.1) is 0 Å². The molecule has 1 atom stereocenters. The summed E-state index contributed by atoms with van der Waals surface area (Å²) in [6.07, 6.45) is 1.51. The van der Waals surface area contributed by atoms with Crippen LogP contribution >= 0.6 is 11.8 Å². The van der Waals surface area contributed by atoms with Crippen LogP contribution in [0.5, 0.6) is 0 Å². The molecule has 0 rings (SSSR count). The van der Waals surface area contributed by atoms with Gasteiger partial charge in [-0.2, -0.15) is 17.0 Å². The molecule has 0 amide bonds. The molecule has 0 aromatic rings. The Hall–Kier alpha value is -0.690. The Labute approximate surface area is 89.8 Å². The van der Waals surface area contributed by atoms with E-state index >= 15 is 0 Å². The van der Waals surface area contributed by atoms with Gasteiger partial charge in [0, 0.05) is 0 Å². The summed E-state index contributed by atoms with van der Waals surface area (Å²) in [4.78, 5) is 11.2. The molecule has 1 unspecified atom stereocenters. The van der Waals surface area contributed by atoms with Crippen molar-refractivity contribution in [3.05, 3.63) is 0 Å². The lowest BCUT2D eigenvalue weighted by atomic mass is 10.1. The fourth-order valence-electron chi connectivity index (χ4n) is 1.01. The summed E-state index contributed by atoms with van der Waals surface area (Å²) in [6.45, 7) is 4.19. The molecule has 4 heteroatoms. The molecule has 0 aliphatic rings. The monoisotopic (exact) mass is 215 g/mol. The zero-order valence-electron chi connectivity index (χ0n) is 8.78. The van der Waals surface area contributed by atoms with Gasteiger partial charge in [0.15, 0.2) is 0 Å². The standard InChI is InChI=1S/C10H17NO2S/c1-3-13-10(12)9(8-11)6-5-7-14-4-2/h9H,3-7H2,1-2H3. The fraction of sp³-hybridized carbons (Fsp3) is 0.800. The zero-order valence-corrected chi connectivity index (χ0v) is 9.60. The molecule has 0 fully saturated rings. The van der Waals surface area contributed by atoms with Crippen molar-refractivity contribution in [3.63, 3.8) is 0 Å².